The number of carbonyl (C=O) groups is 2. The monoisotopic (exact) mass is 469 g/mol. The van der Waals surface area contributed by atoms with Crippen LogP contribution in [0, 0.1) is 6.92 Å². The smallest absolute Gasteiger partial charge is 0.276 e. The van der Waals surface area contributed by atoms with Crippen LogP contribution in [-0.2, 0) is 29.1 Å². The Morgan fingerprint density at radius 3 is 2.91 bits per heavy atom. The van der Waals surface area contributed by atoms with Gasteiger partial charge in [0.1, 0.15) is 12.3 Å². The van der Waals surface area contributed by atoms with E-state index in [4.69, 9.17) is 9.26 Å². The molecule has 3 aromatic rings. The van der Waals surface area contributed by atoms with Crippen molar-refractivity contribution in [1.82, 2.24) is 24.9 Å². The van der Waals surface area contributed by atoms with Gasteiger partial charge in [0.2, 0.25) is 5.91 Å². The van der Waals surface area contributed by atoms with E-state index in [9.17, 15) is 9.59 Å². The van der Waals surface area contributed by atoms with E-state index in [1.54, 1.807) is 28.5 Å². The molecule has 10 heteroatoms. The Hall–Kier alpha value is -3.11. The fourth-order valence-electron chi connectivity index (χ4n) is 3.69. The van der Waals surface area contributed by atoms with Gasteiger partial charge in [-0.15, -0.1) is 11.3 Å². The van der Waals surface area contributed by atoms with E-state index in [1.165, 1.54) is 4.90 Å². The summed E-state index contributed by atoms with van der Waals surface area (Å²) in [4.78, 5) is 38.2. The number of hydrogen-bond donors (Lipinski definition) is 0. The third kappa shape index (κ3) is 6.02. The van der Waals surface area contributed by atoms with Crippen molar-refractivity contribution in [3.8, 4) is 0 Å². The van der Waals surface area contributed by atoms with Crippen LogP contribution in [0.4, 0.5) is 0 Å². The van der Waals surface area contributed by atoms with Gasteiger partial charge in [0.25, 0.3) is 5.91 Å². The minimum Gasteiger partial charge on any atom is -0.368 e. The van der Waals surface area contributed by atoms with E-state index < -0.39 is 0 Å². The van der Waals surface area contributed by atoms with Crippen LogP contribution in [0.15, 0.2) is 40.4 Å². The molecule has 0 saturated carbocycles. The largest absolute Gasteiger partial charge is 0.368 e. The molecule has 1 unspecified atom stereocenters. The summed E-state index contributed by atoms with van der Waals surface area (Å²) in [6, 6.07) is 7.27. The number of aromatic nitrogens is 3. The Balaban J connectivity index is 1.51. The number of pyridine rings is 1. The summed E-state index contributed by atoms with van der Waals surface area (Å²) in [6.45, 7) is 5.18. The maximum Gasteiger partial charge on any atom is 0.276 e. The van der Waals surface area contributed by atoms with Gasteiger partial charge in [-0.3, -0.25) is 14.6 Å². The number of nitrogens with zero attached hydrogens (tertiary/aromatic N) is 5. The van der Waals surface area contributed by atoms with Crippen LogP contribution in [0.1, 0.15) is 46.0 Å². The first kappa shape index (κ1) is 23.1. The van der Waals surface area contributed by atoms with Crippen LogP contribution in [-0.4, -0.2) is 62.5 Å². The number of carbonyl (C=O) groups excluding carboxylic acids is 2. The third-order valence-corrected chi connectivity index (χ3v) is 6.12. The van der Waals surface area contributed by atoms with Gasteiger partial charge in [0.15, 0.2) is 5.69 Å². The zero-order valence-electron chi connectivity index (χ0n) is 18.8. The molecule has 3 aromatic heterocycles. The van der Waals surface area contributed by atoms with Crippen molar-refractivity contribution < 1.29 is 18.8 Å². The van der Waals surface area contributed by atoms with Crippen LogP contribution < -0.4 is 0 Å². The molecule has 0 radical (unpaired) electrons. The first-order valence-electron chi connectivity index (χ1n) is 11.0. The fourth-order valence-corrected chi connectivity index (χ4v) is 4.30. The van der Waals surface area contributed by atoms with Crippen LogP contribution in [0.2, 0.25) is 0 Å². The Morgan fingerprint density at radius 1 is 1.30 bits per heavy atom. The zero-order chi connectivity index (χ0) is 23.2. The van der Waals surface area contributed by atoms with Gasteiger partial charge in [-0.1, -0.05) is 18.1 Å². The molecular weight excluding hydrogens is 442 g/mol. The highest BCUT2D eigenvalue weighted by molar-refractivity contribution is 7.09. The quantitative estimate of drug-likeness (QED) is 0.500. The molecule has 1 aliphatic rings. The van der Waals surface area contributed by atoms with Crippen LogP contribution >= 0.6 is 11.3 Å². The van der Waals surface area contributed by atoms with E-state index in [1.807, 2.05) is 37.4 Å². The molecule has 9 nitrogen and oxygen atoms in total. The molecule has 0 bridgehead atoms. The van der Waals surface area contributed by atoms with Gasteiger partial charge in [-0.25, -0.2) is 4.98 Å². The second-order valence-electron chi connectivity index (χ2n) is 8.00. The highest BCUT2D eigenvalue weighted by Gasteiger charge is 2.33. The van der Waals surface area contributed by atoms with E-state index in [0.717, 1.165) is 22.8 Å². The molecule has 1 saturated heterocycles. The minimum atomic E-state index is -0.385. The van der Waals surface area contributed by atoms with Crippen LogP contribution in [0.3, 0.4) is 0 Å². The van der Waals surface area contributed by atoms with Gasteiger partial charge >= 0.3 is 0 Å². The Labute approximate surface area is 196 Å². The van der Waals surface area contributed by atoms with Crippen LogP contribution in [0.25, 0.3) is 0 Å². The first-order chi connectivity index (χ1) is 16.0. The third-order valence-electron chi connectivity index (χ3n) is 5.30. The average molecular weight is 470 g/mol. The lowest BCUT2D eigenvalue weighted by molar-refractivity contribution is -0.132. The van der Waals surface area contributed by atoms with Crippen molar-refractivity contribution in [3.05, 3.63) is 63.7 Å². The molecule has 1 aliphatic heterocycles. The molecule has 0 spiro atoms. The second kappa shape index (κ2) is 10.7. The summed E-state index contributed by atoms with van der Waals surface area (Å²) < 4.78 is 11.4. The van der Waals surface area contributed by atoms with E-state index in [-0.39, 0.29) is 43.3 Å². The van der Waals surface area contributed by atoms with Gasteiger partial charge in [-0.2, -0.15) is 0 Å². The number of rotatable bonds is 8. The van der Waals surface area contributed by atoms with Crippen molar-refractivity contribution >= 4 is 23.2 Å². The summed E-state index contributed by atoms with van der Waals surface area (Å²) in [6.07, 6.45) is 2.92. The number of thiazole rings is 1. The molecule has 0 N–H and O–H groups in total. The number of ether oxygens (including phenoxy) is 1. The molecule has 4 rings (SSSR count). The van der Waals surface area contributed by atoms with E-state index in [2.05, 4.69) is 15.1 Å². The van der Waals surface area contributed by atoms with Crippen molar-refractivity contribution in [2.45, 2.75) is 45.9 Å². The average Bonchev–Trinajstić information content (AvgIpc) is 3.41. The lowest BCUT2D eigenvalue weighted by Gasteiger charge is -2.24. The SMILES string of the molecule is CCCc1cc(C(=O)N2CC(=O)N(Cc3csc(C)n3)CC(OCc3ccccn3)C2)no1. The predicted octanol–water partition coefficient (Wildman–Crippen LogP) is 2.86. The lowest BCUT2D eigenvalue weighted by Crippen LogP contribution is -2.39. The summed E-state index contributed by atoms with van der Waals surface area (Å²) in [5, 5.41) is 6.82. The molecule has 174 valence electrons. The van der Waals surface area contributed by atoms with Crippen molar-refractivity contribution in [2.24, 2.45) is 0 Å². The predicted molar refractivity (Wildman–Crippen MR) is 121 cm³/mol. The molecule has 33 heavy (non-hydrogen) atoms. The molecular formula is C23H27N5O4S. The second-order valence-corrected chi connectivity index (χ2v) is 9.06. The number of amides is 2. The number of aryl methyl sites for hydroxylation is 2. The Morgan fingerprint density at radius 2 is 2.18 bits per heavy atom. The summed E-state index contributed by atoms with van der Waals surface area (Å²) in [5.41, 5.74) is 1.82. The Bertz CT molecular complexity index is 1080. The highest BCUT2D eigenvalue weighted by Crippen LogP contribution is 2.17. The minimum absolute atomic E-state index is 0.0542. The molecule has 4 heterocycles. The fraction of sp³-hybridized carbons (Fsp3) is 0.435. The molecule has 2 amide bonds. The van der Waals surface area contributed by atoms with Crippen molar-refractivity contribution in [2.75, 3.05) is 19.6 Å². The molecule has 1 atom stereocenters. The molecule has 1 fully saturated rings. The molecule has 0 aliphatic carbocycles. The lowest BCUT2D eigenvalue weighted by atomic mass is 10.2. The van der Waals surface area contributed by atoms with Crippen molar-refractivity contribution in [3.63, 3.8) is 0 Å². The first-order valence-corrected chi connectivity index (χ1v) is 11.8. The van der Waals surface area contributed by atoms with E-state index >= 15 is 0 Å². The number of hydrogen-bond acceptors (Lipinski definition) is 8. The normalized spacial score (nSPS) is 16.8. The van der Waals surface area contributed by atoms with E-state index in [0.29, 0.717) is 25.3 Å². The topological polar surface area (TPSA) is 102 Å². The van der Waals surface area contributed by atoms with Crippen molar-refractivity contribution in [1.29, 1.82) is 0 Å². The summed E-state index contributed by atoms with van der Waals surface area (Å²) in [7, 11) is 0. The van der Waals surface area contributed by atoms with Crippen LogP contribution in [0.5, 0.6) is 0 Å². The summed E-state index contributed by atoms with van der Waals surface area (Å²) >= 11 is 1.54. The maximum absolute atomic E-state index is 13.2. The molecule has 0 aromatic carbocycles. The zero-order valence-corrected chi connectivity index (χ0v) is 19.6. The maximum atomic E-state index is 13.2. The van der Waals surface area contributed by atoms with Gasteiger partial charge in [0.05, 0.1) is 35.7 Å². The van der Waals surface area contributed by atoms with Gasteiger partial charge < -0.3 is 19.1 Å². The highest BCUT2D eigenvalue weighted by atomic mass is 32.1. The Kier molecular flexibility index (Phi) is 7.46. The summed E-state index contributed by atoms with van der Waals surface area (Å²) in [5.74, 6) is 0.160. The van der Waals surface area contributed by atoms with Gasteiger partial charge in [0, 0.05) is 37.2 Å². The van der Waals surface area contributed by atoms with Gasteiger partial charge in [-0.05, 0) is 25.5 Å². The standard InChI is InChI=1S/C23H27N5O4S/c1-3-6-19-9-21(26-32-19)23(30)28-12-20(31-14-17-7-4-5-8-24-17)11-27(22(29)13-28)10-18-15-33-16(2)25-18/h4-5,7-9,15,20H,3,6,10-14H2,1-2H3.